The molecule has 0 atom stereocenters. The number of H-pyrrole nitrogens is 1. The van der Waals surface area contributed by atoms with E-state index in [9.17, 15) is 14.7 Å². The third kappa shape index (κ3) is 2.29. The van der Waals surface area contributed by atoms with Crippen LogP contribution in [-0.2, 0) is 0 Å². The lowest BCUT2D eigenvalue weighted by molar-refractivity contribution is 0.0645. The number of amides is 2. The van der Waals surface area contributed by atoms with Crippen LogP contribution in [0.3, 0.4) is 0 Å². The molecule has 1 aromatic heterocycles. The van der Waals surface area contributed by atoms with E-state index in [1.54, 1.807) is 24.3 Å². The van der Waals surface area contributed by atoms with E-state index in [0.717, 1.165) is 5.52 Å². The van der Waals surface area contributed by atoms with Crippen molar-refractivity contribution >= 4 is 45.2 Å². The first-order chi connectivity index (χ1) is 11.9. The molecule has 2 aromatic carbocycles. The summed E-state index contributed by atoms with van der Waals surface area (Å²) in [5.74, 6) is -0.573. The van der Waals surface area contributed by atoms with Crippen molar-refractivity contribution in [2.45, 2.75) is 0 Å². The maximum absolute atomic E-state index is 12.9. The summed E-state index contributed by atoms with van der Waals surface area (Å²) in [6.45, 7) is 0.892. The number of fused-ring (bicyclic) bond motifs is 5. The number of rotatable bonds is 3. The Morgan fingerprint density at radius 1 is 1.20 bits per heavy atom. The number of nitrogens with zero attached hydrogens (tertiary/aromatic N) is 2. The van der Waals surface area contributed by atoms with Gasteiger partial charge in [0.25, 0.3) is 11.8 Å². The van der Waals surface area contributed by atoms with Crippen molar-refractivity contribution in [1.29, 1.82) is 0 Å². The molecule has 6 nitrogen and oxygen atoms in total. The van der Waals surface area contributed by atoms with Crippen molar-refractivity contribution < 1.29 is 14.7 Å². The molecule has 0 saturated heterocycles. The van der Waals surface area contributed by atoms with Crippen LogP contribution in [0.2, 0.25) is 5.02 Å². The lowest BCUT2D eigenvalue weighted by atomic mass is 10.0. The average Bonchev–Trinajstić information content (AvgIpc) is 3.03. The van der Waals surface area contributed by atoms with Crippen LogP contribution in [0.1, 0.15) is 20.7 Å². The summed E-state index contributed by atoms with van der Waals surface area (Å²) in [7, 11) is 3.77. The van der Waals surface area contributed by atoms with Gasteiger partial charge in [0.2, 0.25) is 0 Å². The molecular weight excluding hydrogens is 342 g/mol. The van der Waals surface area contributed by atoms with E-state index in [0.29, 0.717) is 45.5 Å². The first kappa shape index (κ1) is 15.9. The molecule has 0 spiro atoms. The van der Waals surface area contributed by atoms with Crippen molar-refractivity contribution in [3.05, 3.63) is 40.4 Å². The number of hydrogen-bond donors (Lipinski definition) is 2. The van der Waals surface area contributed by atoms with Gasteiger partial charge in [-0.1, -0.05) is 11.6 Å². The molecule has 0 radical (unpaired) electrons. The van der Waals surface area contributed by atoms with Gasteiger partial charge in [-0.05, 0) is 38.4 Å². The Kier molecular flexibility index (Phi) is 3.49. The highest BCUT2D eigenvalue weighted by Crippen LogP contribution is 2.39. The summed E-state index contributed by atoms with van der Waals surface area (Å²) in [5.41, 5.74) is 2.00. The predicted molar refractivity (Wildman–Crippen MR) is 96.4 cm³/mol. The largest absolute Gasteiger partial charge is 0.508 e. The van der Waals surface area contributed by atoms with Crippen molar-refractivity contribution in [3.63, 3.8) is 0 Å². The SMILES string of the molecule is CN(C)CCN1C(=O)c2cc(Cl)c3[nH]c4ccc(O)cc4c3c2C1=O. The Morgan fingerprint density at radius 3 is 2.68 bits per heavy atom. The molecule has 2 amide bonds. The summed E-state index contributed by atoms with van der Waals surface area (Å²) >= 11 is 6.36. The van der Waals surface area contributed by atoms with Crippen LogP contribution in [0.15, 0.2) is 24.3 Å². The third-order valence-electron chi connectivity index (χ3n) is 4.52. The zero-order valence-electron chi connectivity index (χ0n) is 13.8. The number of likely N-dealkylation sites (N-methyl/N-ethyl adjacent to an activating group) is 1. The summed E-state index contributed by atoms with van der Waals surface area (Å²) in [6.07, 6.45) is 0. The third-order valence-corrected chi connectivity index (χ3v) is 4.81. The van der Waals surface area contributed by atoms with Crippen molar-refractivity contribution in [2.24, 2.45) is 0 Å². The number of carbonyl (C=O) groups is 2. The molecule has 7 heteroatoms. The maximum atomic E-state index is 12.9. The fourth-order valence-corrected chi connectivity index (χ4v) is 3.54. The van der Waals surface area contributed by atoms with E-state index >= 15 is 0 Å². The first-order valence-electron chi connectivity index (χ1n) is 7.86. The topological polar surface area (TPSA) is 76.6 Å². The highest BCUT2D eigenvalue weighted by Gasteiger charge is 2.38. The minimum absolute atomic E-state index is 0.0864. The van der Waals surface area contributed by atoms with Gasteiger partial charge >= 0.3 is 0 Å². The second-order valence-electron chi connectivity index (χ2n) is 6.45. The number of nitrogens with one attached hydrogen (secondary N) is 1. The number of hydrogen-bond acceptors (Lipinski definition) is 4. The fourth-order valence-electron chi connectivity index (χ4n) is 3.29. The van der Waals surface area contributed by atoms with Gasteiger partial charge in [0, 0.05) is 29.4 Å². The minimum Gasteiger partial charge on any atom is -0.508 e. The zero-order valence-corrected chi connectivity index (χ0v) is 14.5. The second kappa shape index (κ2) is 5.47. The highest BCUT2D eigenvalue weighted by atomic mass is 35.5. The number of carbonyl (C=O) groups excluding carboxylic acids is 2. The van der Waals surface area contributed by atoms with E-state index in [4.69, 9.17) is 11.6 Å². The quantitative estimate of drug-likeness (QED) is 0.707. The van der Waals surface area contributed by atoms with Crippen molar-refractivity contribution in [3.8, 4) is 5.75 Å². The Balaban J connectivity index is 1.98. The van der Waals surface area contributed by atoms with Crippen LogP contribution < -0.4 is 0 Å². The summed E-state index contributed by atoms with van der Waals surface area (Å²) in [4.78, 5) is 32.0. The van der Waals surface area contributed by atoms with Crippen LogP contribution in [0.4, 0.5) is 0 Å². The lowest BCUT2D eigenvalue weighted by Gasteiger charge is -2.16. The van der Waals surface area contributed by atoms with Gasteiger partial charge in [-0.15, -0.1) is 0 Å². The van der Waals surface area contributed by atoms with E-state index in [-0.39, 0.29) is 17.6 Å². The number of aromatic amines is 1. The molecule has 0 saturated carbocycles. The predicted octanol–water partition coefficient (Wildman–Crippen LogP) is 2.84. The summed E-state index contributed by atoms with van der Waals surface area (Å²) < 4.78 is 0. The standard InChI is InChI=1S/C18H16ClN3O3/c1-21(2)5-6-22-17(24)11-8-12(19)16-14(15(11)18(22)25)10-7-9(23)3-4-13(10)20-16/h3-4,7-8,20,23H,5-6H2,1-2H3. The number of benzene rings is 2. The number of aromatic nitrogens is 1. The molecule has 3 aromatic rings. The maximum Gasteiger partial charge on any atom is 0.262 e. The van der Waals surface area contributed by atoms with Crippen LogP contribution >= 0.6 is 11.6 Å². The smallest absolute Gasteiger partial charge is 0.262 e. The number of phenols is 1. The van der Waals surface area contributed by atoms with Crippen LogP contribution in [0.25, 0.3) is 21.8 Å². The van der Waals surface area contributed by atoms with Gasteiger partial charge in [0.05, 0.1) is 21.7 Å². The molecule has 0 aliphatic carbocycles. The first-order valence-corrected chi connectivity index (χ1v) is 8.24. The van der Waals surface area contributed by atoms with Crippen molar-refractivity contribution in [1.82, 2.24) is 14.8 Å². The highest BCUT2D eigenvalue weighted by molar-refractivity contribution is 6.40. The molecule has 2 N–H and O–H groups in total. The monoisotopic (exact) mass is 357 g/mol. The van der Waals surface area contributed by atoms with Gasteiger partial charge in [-0.3, -0.25) is 14.5 Å². The molecule has 1 aliphatic rings. The van der Waals surface area contributed by atoms with Gasteiger partial charge in [-0.25, -0.2) is 0 Å². The van der Waals surface area contributed by atoms with E-state index in [1.165, 1.54) is 4.90 Å². The lowest BCUT2D eigenvalue weighted by Crippen LogP contribution is -2.35. The van der Waals surface area contributed by atoms with Gasteiger partial charge in [0.1, 0.15) is 5.75 Å². The van der Waals surface area contributed by atoms with E-state index in [1.807, 2.05) is 19.0 Å². The Labute approximate surface area is 148 Å². The Hall–Kier alpha value is -2.57. The molecule has 25 heavy (non-hydrogen) atoms. The normalized spacial score (nSPS) is 14.3. The minimum atomic E-state index is -0.333. The fraction of sp³-hybridized carbons (Fsp3) is 0.222. The van der Waals surface area contributed by atoms with Crippen LogP contribution in [-0.4, -0.2) is 58.9 Å². The average molecular weight is 358 g/mol. The van der Waals surface area contributed by atoms with Gasteiger partial charge in [0.15, 0.2) is 0 Å². The molecule has 0 unspecified atom stereocenters. The molecule has 128 valence electrons. The van der Waals surface area contributed by atoms with Gasteiger partial charge in [-0.2, -0.15) is 0 Å². The van der Waals surface area contributed by atoms with Gasteiger partial charge < -0.3 is 15.0 Å². The Bertz CT molecular complexity index is 1050. The van der Waals surface area contributed by atoms with Crippen LogP contribution in [0.5, 0.6) is 5.75 Å². The molecule has 4 rings (SSSR count). The molecule has 2 heterocycles. The summed E-state index contributed by atoms with van der Waals surface area (Å²) in [6, 6.07) is 6.40. The summed E-state index contributed by atoms with van der Waals surface area (Å²) in [5, 5.41) is 11.5. The Morgan fingerprint density at radius 2 is 1.96 bits per heavy atom. The number of imide groups is 1. The van der Waals surface area contributed by atoms with E-state index < -0.39 is 0 Å². The molecule has 1 aliphatic heterocycles. The zero-order chi connectivity index (χ0) is 17.9. The molecule has 0 bridgehead atoms. The second-order valence-corrected chi connectivity index (χ2v) is 6.86. The molecule has 0 fully saturated rings. The van der Waals surface area contributed by atoms with Crippen molar-refractivity contribution in [2.75, 3.05) is 27.2 Å². The van der Waals surface area contributed by atoms with Crippen LogP contribution in [0, 0.1) is 0 Å². The number of phenolic OH excluding ortho intramolecular Hbond substituents is 1. The number of aromatic hydroxyl groups is 1. The van der Waals surface area contributed by atoms with E-state index in [2.05, 4.69) is 4.98 Å². The number of halogens is 1. The molecular formula is C18H16ClN3O3.